The first kappa shape index (κ1) is 14.5. The van der Waals surface area contributed by atoms with Gasteiger partial charge in [-0.2, -0.15) is 0 Å². The van der Waals surface area contributed by atoms with Gasteiger partial charge in [-0.05, 0) is 30.7 Å². The number of hydrogen-bond acceptors (Lipinski definition) is 3. The fraction of sp³-hybridized carbons (Fsp3) is 0.500. The molecule has 0 radical (unpaired) electrons. The van der Waals surface area contributed by atoms with E-state index in [0.717, 1.165) is 11.3 Å². The average Bonchev–Trinajstić information content (AvgIpc) is 2.28. The van der Waals surface area contributed by atoms with Crippen LogP contribution in [0.1, 0.15) is 19.4 Å². The van der Waals surface area contributed by atoms with E-state index in [2.05, 4.69) is 0 Å². The first-order valence-electron chi connectivity index (χ1n) is 6.01. The summed E-state index contributed by atoms with van der Waals surface area (Å²) in [4.78, 5) is 13.1. The fourth-order valence-electron chi connectivity index (χ4n) is 2.14. The van der Waals surface area contributed by atoms with Gasteiger partial charge in [0, 0.05) is 6.54 Å². The third kappa shape index (κ3) is 3.74. The van der Waals surface area contributed by atoms with Gasteiger partial charge in [0.1, 0.15) is 11.8 Å². The van der Waals surface area contributed by atoms with Gasteiger partial charge >= 0.3 is 5.97 Å². The van der Waals surface area contributed by atoms with E-state index in [0.29, 0.717) is 6.54 Å². The third-order valence-electron chi connectivity index (χ3n) is 2.93. The van der Waals surface area contributed by atoms with E-state index >= 15 is 0 Å². The predicted octanol–water partition coefficient (Wildman–Crippen LogP) is 2.24. The summed E-state index contributed by atoms with van der Waals surface area (Å²) in [5, 5.41) is 9.23. The van der Waals surface area contributed by atoms with Gasteiger partial charge in [0.25, 0.3) is 0 Å². The summed E-state index contributed by atoms with van der Waals surface area (Å²) in [5.41, 5.74) is 1.05. The van der Waals surface area contributed by atoms with Crippen LogP contribution in [0.25, 0.3) is 0 Å². The van der Waals surface area contributed by atoms with E-state index in [1.54, 1.807) is 7.11 Å². The largest absolute Gasteiger partial charge is 0.497 e. The highest BCUT2D eigenvalue weighted by Gasteiger charge is 2.25. The van der Waals surface area contributed by atoms with E-state index < -0.39 is 12.0 Å². The third-order valence-corrected chi connectivity index (χ3v) is 2.93. The standard InChI is InChI=1S/C14H21NO3/c1-10(2)13(14(16)17)15(3)9-11-6-5-7-12(8-11)18-4/h5-8,10,13H,9H2,1-4H3,(H,16,17). The zero-order valence-corrected chi connectivity index (χ0v) is 11.4. The van der Waals surface area contributed by atoms with E-state index in [9.17, 15) is 9.90 Å². The number of ether oxygens (including phenoxy) is 1. The van der Waals surface area contributed by atoms with E-state index in [-0.39, 0.29) is 5.92 Å². The molecule has 0 aromatic heterocycles. The summed E-state index contributed by atoms with van der Waals surface area (Å²) in [6.45, 7) is 4.42. The van der Waals surface area contributed by atoms with Gasteiger partial charge in [0.05, 0.1) is 7.11 Å². The van der Waals surface area contributed by atoms with Crippen LogP contribution in [-0.2, 0) is 11.3 Å². The Morgan fingerprint density at radius 1 is 1.44 bits per heavy atom. The number of aliphatic carboxylic acids is 1. The van der Waals surface area contributed by atoms with E-state index in [4.69, 9.17) is 4.74 Å². The van der Waals surface area contributed by atoms with Crippen LogP contribution in [0.4, 0.5) is 0 Å². The van der Waals surface area contributed by atoms with Gasteiger partial charge in [0.2, 0.25) is 0 Å². The molecule has 4 nitrogen and oxygen atoms in total. The molecule has 0 amide bonds. The number of carboxylic acids is 1. The molecule has 0 aliphatic rings. The van der Waals surface area contributed by atoms with Crippen molar-refractivity contribution in [1.82, 2.24) is 4.90 Å². The van der Waals surface area contributed by atoms with Gasteiger partial charge < -0.3 is 9.84 Å². The van der Waals surface area contributed by atoms with Gasteiger partial charge in [-0.25, -0.2) is 0 Å². The molecular weight excluding hydrogens is 230 g/mol. The topological polar surface area (TPSA) is 49.8 Å². The second kappa shape index (κ2) is 6.40. The molecule has 0 saturated heterocycles. The van der Waals surface area contributed by atoms with Crippen molar-refractivity contribution in [3.63, 3.8) is 0 Å². The van der Waals surface area contributed by atoms with Crippen molar-refractivity contribution in [2.75, 3.05) is 14.2 Å². The highest BCUT2D eigenvalue weighted by Crippen LogP contribution is 2.17. The number of carbonyl (C=O) groups is 1. The van der Waals surface area contributed by atoms with Crippen LogP contribution in [0.3, 0.4) is 0 Å². The normalized spacial score (nSPS) is 12.8. The Labute approximate surface area is 108 Å². The second-order valence-electron chi connectivity index (χ2n) is 4.79. The molecule has 0 aliphatic heterocycles. The zero-order chi connectivity index (χ0) is 13.7. The monoisotopic (exact) mass is 251 g/mol. The Morgan fingerprint density at radius 3 is 2.61 bits per heavy atom. The molecule has 1 atom stereocenters. The minimum absolute atomic E-state index is 0.0677. The van der Waals surface area contributed by atoms with E-state index in [1.165, 1.54) is 0 Å². The lowest BCUT2D eigenvalue weighted by Crippen LogP contribution is -2.41. The van der Waals surface area contributed by atoms with Crippen LogP contribution in [0.5, 0.6) is 5.75 Å². The second-order valence-corrected chi connectivity index (χ2v) is 4.79. The molecule has 1 aromatic carbocycles. The lowest BCUT2D eigenvalue weighted by atomic mass is 10.0. The summed E-state index contributed by atoms with van der Waals surface area (Å²) in [6, 6.07) is 7.21. The van der Waals surface area contributed by atoms with Crippen molar-refractivity contribution < 1.29 is 14.6 Å². The maximum Gasteiger partial charge on any atom is 0.321 e. The lowest BCUT2D eigenvalue weighted by Gasteiger charge is -2.27. The van der Waals surface area contributed by atoms with Crippen molar-refractivity contribution in [2.45, 2.75) is 26.4 Å². The molecule has 0 saturated carbocycles. The van der Waals surface area contributed by atoms with Crippen molar-refractivity contribution in [3.8, 4) is 5.75 Å². The summed E-state index contributed by atoms with van der Waals surface area (Å²) in [5.74, 6) is 0.0748. The SMILES string of the molecule is COc1cccc(CN(C)C(C(=O)O)C(C)C)c1. The summed E-state index contributed by atoms with van der Waals surface area (Å²) < 4.78 is 5.16. The molecule has 1 N–H and O–H groups in total. The molecule has 0 aliphatic carbocycles. The maximum absolute atomic E-state index is 11.2. The first-order chi connectivity index (χ1) is 8.45. The van der Waals surface area contributed by atoms with Crippen molar-refractivity contribution in [1.29, 1.82) is 0 Å². The molecule has 0 spiro atoms. The van der Waals surface area contributed by atoms with Crippen molar-refractivity contribution in [3.05, 3.63) is 29.8 Å². The number of carboxylic acid groups (broad SMARTS) is 1. The predicted molar refractivity (Wildman–Crippen MR) is 70.7 cm³/mol. The summed E-state index contributed by atoms with van der Waals surface area (Å²) >= 11 is 0. The minimum atomic E-state index is -0.782. The molecular formula is C14H21NO3. The molecule has 0 bridgehead atoms. The molecule has 0 heterocycles. The van der Waals surface area contributed by atoms with Crippen LogP contribution < -0.4 is 4.74 Å². The van der Waals surface area contributed by atoms with Crippen LogP contribution >= 0.6 is 0 Å². The Morgan fingerprint density at radius 2 is 2.11 bits per heavy atom. The smallest absolute Gasteiger partial charge is 0.321 e. The number of rotatable bonds is 6. The molecule has 100 valence electrons. The Balaban J connectivity index is 2.78. The molecule has 1 aromatic rings. The highest BCUT2D eigenvalue weighted by molar-refractivity contribution is 5.73. The number of benzene rings is 1. The van der Waals surface area contributed by atoms with Gasteiger partial charge in [-0.15, -0.1) is 0 Å². The Kier molecular flexibility index (Phi) is 5.16. The quantitative estimate of drug-likeness (QED) is 0.842. The van der Waals surface area contributed by atoms with Crippen molar-refractivity contribution >= 4 is 5.97 Å². The first-order valence-corrected chi connectivity index (χ1v) is 6.01. The van der Waals surface area contributed by atoms with Gasteiger partial charge in [-0.3, -0.25) is 9.69 Å². The van der Waals surface area contributed by atoms with Crippen molar-refractivity contribution in [2.24, 2.45) is 5.92 Å². The molecule has 1 rings (SSSR count). The van der Waals surface area contributed by atoms with Gasteiger partial charge in [-0.1, -0.05) is 26.0 Å². The number of likely N-dealkylation sites (N-methyl/N-ethyl adjacent to an activating group) is 1. The number of nitrogens with zero attached hydrogens (tertiary/aromatic N) is 1. The zero-order valence-electron chi connectivity index (χ0n) is 11.4. The Bertz CT molecular complexity index is 404. The minimum Gasteiger partial charge on any atom is -0.497 e. The summed E-state index contributed by atoms with van der Waals surface area (Å²) in [7, 11) is 3.45. The molecule has 18 heavy (non-hydrogen) atoms. The maximum atomic E-state index is 11.2. The molecule has 4 heteroatoms. The van der Waals surface area contributed by atoms with Crippen LogP contribution in [0.15, 0.2) is 24.3 Å². The highest BCUT2D eigenvalue weighted by atomic mass is 16.5. The number of methoxy groups -OCH3 is 1. The van der Waals surface area contributed by atoms with Crippen LogP contribution in [-0.4, -0.2) is 36.2 Å². The van der Waals surface area contributed by atoms with Gasteiger partial charge in [0.15, 0.2) is 0 Å². The van der Waals surface area contributed by atoms with Crippen LogP contribution in [0.2, 0.25) is 0 Å². The summed E-state index contributed by atoms with van der Waals surface area (Å²) in [6.07, 6.45) is 0. The number of hydrogen-bond donors (Lipinski definition) is 1. The van der Waals surface area contributed by atoms with E-state index in [1.807, 2.05) is 50.1 Å². The molecule has 1 unspecified atom stereocenters. The lowest BCUT2D eigenvalue weighted by molar-refractivity contribution is -0.144. The average molecular weight is 251 g/mol. The van der Waals surface area contributed by atoms with Crippen LogP contribution in [0, 0.1) is 5.92 Å². The fourth-order valence-corrected chi connectivity index (χ4v) is 2.14. The molecule has 0 fully saturated rings. The Hall–Kier alpha value is -1.55.